The number of hydrogen-bond acceptors (Lipinski definition) is 4. The second kappa shape index (κ2) is 8.92. The maximum Gasteiger partial charge on any atom is 0.242 e. The lowest BCUT2D eigenvalue weighted by Crippen LogP contribution is -2.62. The minimum Gasteiger partial charge on any atom is -0.337 e. The van der Waals surface area contributed by atoms with Gasteiger partial charge in [-0.1, -0.05) is 0 Å². The van der Waals surface area contributed by atoms with Gasteiger partial charge in [0.25, 0.3) is 0 Å². The van der Waals surface area contributed by atoms with Crippen LogP contribution in [0.4, 0.5) is 0 Å². The highest BCUT2D eigenvalue weighted by atomic mass is 16.2. The van der Waals surface area contributed by atoms with Gasteiger partial charge in [0.2, 0.25) is 23.6 Å². The standard InChI is InChI=1S/C20H32N4O4/c1-15-11-23(19(27)13-21-9-5-3-7-17(21)25)12-16(2)24(15)20(28)14-22-10-6-4-8-18(22)26/h15-16H,3-14H2,1-2H3/t15-,16+. The summed E-state index contributed by atoms with van der Waals surface area (Å²) in [6, 6.07) is -0.228. The molecule has 3 saturated heterocycles. The van der Waals surface area contributed by atoms with Gasteiger partial charge in [-0.3, -0.25) is 19.2 Å². The molecular formula is C20H32N4O4. The van der Waals surface area contributed by atoms with E-state index in [0.717, 1.165) is 25.7 Å². The van der Waals surface area contributed by atoms with Crippen LogP contribution in [0.5, 0.6) is 0 Å². The zero-order chi connectivity index (χ0) is 20.3. The molecule has 0 saturated carbocycles. The van der Waals surface area contributed by atoms with Crippen molar-refractivity contribution >= 4 is 23.6 Å². The third-order valence-corrected chi connectivity index (χ3v) is 6.05. The first-order valence-electron chi connectivity index (χ1n) is 10.5. The molecular weight excluding hydrogens is 360 g/mol. The van der Waals surface area contributed by atoms with Crippen LogP contribution in [-0.4, -0.2) is 94.6 Å². The van der Waals surface area contributed by atoms with Gasteiger partial charge in [-0.05, 0) is 39.5 Å². The zero-order valence-corrected chi connectivity index (χ0v) is 17.1. The Morgan fingerprint density at radius 1 is 0.786 bits per heavy atom. The van der Waals surface area contributed by atoms with Crippen molar-refractivity contribution in [2.45, 2.75) is 64.5 Å². The molecule has 8 nitrogen and oxygen atoms in total. The van der Waals surface area contributed by atoms with Gasteiger partial charge in [-0.2, -0.15) is 0 Å². The summed E-state index contributed by atoms with van der Waals surface area (Å²) in [6.07, 6.45) is 4.74. The third-order valence-electron chi connectivity index (χ3n) is 6.05. The molecule has 8 heteroatoms. The quantitative estimate of drug-likeness (QED) is 0.696. The van der Waals surface area contributed by atoms with Crippen LogP contribution >= 0.6 is 0 Å². The first-order chi connectivity index (χ1) is 13.4. The van der Waals surface area contributed by atoms with E-state index in [1.807, 2.05) is 18.7 Å². The highest BCUT2D eigenvalue weighted by molar-refractivity contribution is 5.87. The van der Waals surface area contributed by atoms with Crippen LogP contribution in [0, 0.1) is 0 Å². The Morgan fingerprint density at radius 3 is 1.71 bits per heavy atom. The minimum absolute atomic E-state index is 0.0476. The summed E-state index contributed by atoms with van der Waals surface area (Å²) in [5.74, 6) is 0.0152. The molecule has 4 amide bonds. The highest BCUT2D eigenvalue weighted by Gasteiger charge is 2.36. The molecule has 3 heterocycles. The summed E-state index contributed by atoms with van der Waals surface area (Å²) in [6.45, 7) is 6.37. The van der Waals surface area contributed by atoms with Crippen LogP contribution in [0.15, 0.2) is 0 Å². The molecule has 0 aromatic heterocycles. The van der Waals surface area contributed by atoms with E-state index in [0.29, 0.717) is 39.0 Å². The summed E-state index contributed by atoms with van der Waals surface area (Å²) in [5.41, 5.74) is 0. The van der Waals surface area contributed by atoms with Crippen LogP contribution < -0.4 is 0 Å². The monoisotopic (exact) mass is 392 g/mol. The van der Waals surface area contributed by atoms with Gasteiger partial charge in [0.05, 0.1) is 13.1 Å². The number of hydrogen-bond donors (Lipinski definition) is 0. The Bertz CT molecular complexity index is 626. The molecule has 28 heavy (non-hydrogen) atoms. The van der Waals surface area contributed by atoms with Crippen molar-refractivity contribution in [3.05, 3.63) is 0 Å². The number of piperazine rings is 1. The number of nitrogens with zero attached hydrogens (tertiary/aromatic N) is 4. The molecule has 0 radical (unpaired) electrons. The Labute approximate surface area is 166 Å². The van der Waals surface area contributed by atoms with Crippen molar-refractivity contribution < 1.29 is 19.2 Å². The van der Waals surface area contributed by atoms with Gasteiger partial charge >= 0.3 is 0 Å². The molecule has 3 aliphatic heterocycles. The second-order valence-electron chi connectivity index (χ2n) is 8.34. The fourth-order valence-corrected chi connectivity index (χ4v) is 4.58. The Morgan fingerprint density at radius 2 is 1.25 bits per heavy atom. The van der Waals surface area contributed by atoms with E-state index < -0.39 is 0 Å². The van der Waals surface area contributed by atoms with Crippen molar-refractivity contribution in [1.29, 1.82) is 0 Å². The highest BCUT2D eigenvalue weighted by Crippen LogP contribution is 2.19. The largest absolute Gasteiger partial charge is 0.337 e. The van der Waals surface area contributed by atoms with E-state index in [9.17, 15) is 19.2 Å². The number of piperidine rings is 2. The number of carbonyl (C=O) groups excluding carboxylic acids is 4. The lowest BCUT2D eigenvalue weighted by atomic mass is 10.1. The van der Waals surface area contributed by atoms with E-state index in [2.05, 4.69) is 0 Å². The lowest BCUT2D eigenvalue weighted by Gasteiger charge is -2.45. The van der Waals surface area contributed by atoms with Crippen molar-refractivity contribution in [3.8, 4) is 0 Å². The van der Waals surface area contributed by atoms with Crippen LogP contribution in [0.2, 0.25) is 0 Å². The van der Waals surface area contributed by atoms with Gasteiger partial charge in [0, 0.05) is 51.1 Å². The van der Waals surface area contributed by atoms with Gasteiger partial charge < -0.3 is 19.6 Å². The van der Waals surface area contributed by atoms with Crippen molar-refractivity contribution in [3.63, 3.8) is 0 Å². The van der Waals surface area contributed by atoms with E-state index in [1.165, 1.54) is 0 Å². The number of rotatable bonds is 4. The summed E-state index contributed by atoms with van der Waals surface area (Å²) >= 11 is 0. The van der Waals surface area contributed by atoms with E-state index in [4.69, 9.17) is 0 Å². The summed E-state index contributed by atoms with van der Waals surface area (Å²) in [5, 5.41) is 0. The maximum atomic E-state index is 12.8. The predicted octanol–water partition coefficient (Wildman–Crippen LogP) is 0.459. The molecule has 0 unspecified atom stereocenters. The molecule has 0 aromatic rings. The normalized spacial score (nSPS) is 26.6. The van der Waals surface area contributed by atoms with Crippen LogP contribution in [0.25, 0.3) is 0 Å². The van der Waals surface area contributed by atoms with Gasteiger partial charge in [0.1, 0.15) is 0 Å². The Hall–Kier alpha value is -2.12. The minimum atomic E-state index is -0.114. The average Bonchev–Trinajstić information content (AvgIpc) is 2.65. The van der Waals surface area contributed by atoms with Crippen molar-refractivity contribution in [1.82, 2.24) is 19.6 Å². The SMILES string of the molecule is C[C@@H]1CN(C(=O)CN2CCCCC2=O)C[C@H](C)N1C(=O)CN1CCCCC1=O. The van der Waals surface area contributed by atoms with E-state index in [-0.39, 0.29) is 48.8 Å². The predicted molar refractivity (Wildman–Crippen MR) is 103 cm³/mol. The Balaban J connectivity index is 1.55. The molecule has 0 aromatic carbocycles. The Kier molecular flexibility index (Phi) is 6.57. The van der Waals surface area contributed by atoms with Crippen molar-refractivity contribution in [2.75, 3.05) is 39.3 Å². The van der Waals surface area contributed by atoms with Gasteiger partial charge in [-0.15, -0.1) is 0 Å². The fraction of sp³-hybridized carbons (Fsp3) is 0.800. The molecule has 0 N–H and O–H groups in total. The first kappa shape index (κ1) is 20.6. The van der Waals surface area contributed by atoms with Crippen LogP contribution in [-0.2, 0) is 19.2 Å². The molecule has 3 rings (SSSR count). The smallest absolute Gasteiger partial charge is 0.242 e. The molecule has 0 bridgehead atoms. The third kappa shape index (κ3) is 4.64. The molecule has 3 fully saturated rings. The second-order valence-corrected chi connectivity index (χ2v) is 8.34. The molecule has 0 spiro atoms. The van der Waals surface area contributed by atoms with E-state index >= 15 is 0 Å². The summed E-state index contributed by atoms with van der Waals surface area (Å²) < 4.78 is 0. The van der Waals surface area contributed by atoms with Gasteiger partial charge in [0.15, 0.2) is 0 Å². The number of likely N-dealkylation sites (tertiary alicyclic amines) is 2. The van der Waals surface area contributed by atoms with Crippen LogP contribution in [0.3, 0.4) is 0 Å². The molecule has 0 aliphatic carbocycles. The zero-order valence-electron chi connectivity index (χ0n) is 17.1. The number of carbonyl (C=O) groups is 4. The number of amides is 4. The molecule has 156 valence electrons. The lowest BCUT2D eigenvalue weighted by molar-refractivity contribution is -0.151. The average molecular weight is 393 g/mol. The fourth-order valence-electron chi connectivity index (χ4n) is 4.58. The topological polar surface area (TPSA) is 81.2 Å². The van der Waals surface area contributed by atoms with Crippen LogP contribution in [0.1, 0.15) is 52.4 Å². The first-order valence-corrected chi connectivity index (χ1v) is 10.5. The molecule has 2 atom stereocenters. The van der Waals surface area contributed by atoms with Gasteiger partial charge in [-0.25, -0.2) is 0 Å². The summed E-state index contributed by atoms with van der Waals surface area (Å²) in [4.78, 5) is 56.4. The molecule has 3 aliphatic rings. The van der Waals surface area contributed by atoms with Crippen molar-refractivity contribution in [2.24, 2.45) is 0 Å². The maximum absolute atomic E-state index is 12.8. The summed E-state index contributed by atoms with van der Waals surface area (Å²) in [7, 11) is 0. The van der Waals surface area contributed by atoms with E-state index in [1.54, 1.807) is 14.7 Å².